The molecule has 1 saturated heterocycles. The van der Waals surface area contributed by atoms with Gasteiger partial charge in [-0.05, 0) is 25.0 Å². The van der Waals surface area contributed by atoms with Crippen LogP contribution in [0, 0.1) is 23.1 Å². The second-order valence-electron chi connectivity index (χ2n) is 4.86. The zero-order valence-corrected chi connectivity index (χ0v) is 11.0. The van der Waals surface area contributed by atoms with Crippen LogP contribution in [0.1, 0.15) is 28.8 Å². The summed E-state index contributed by atoms with van der Waals surface area (Å²) < 4.78 is 51.8. The van der Waals surface area contributed by atoms with Crippen molar-refractivity contribution in [2.75, 3.05) is 13.1 Å². The molecule has 1 aromatic rings. The van der Waals surface area contributed by atoms with Crippen LogP contribution < -0.4 is 0 Å². The van der Waals surface area contributed by atoms with Crippen LogP contribution in [0.3, 0.4) is 0 Å². The molecule has 0 unspecified atom stereocenters. The fraction of sp³-hybridized carbons (Fsp3) is 0.429. The lowest BCUT2D eigenvalue weighted by Crippen LogP contribution is -2.38. The van der Waals surface area contributed by atoms with Crippen molar-refractivity contribution in [1.82, 2.24) is 4.90 Å². The molecule has 0 saturated carbocycles. The summed E-state index contributed by atoms with van der Waals surface area (Å²) in [5.41, 5.74) is -2.03. The highest BCUT2D eigenvalue weighted by molar-refractivity contribution is 5.94. The monoisotopic (exact) mass is 300 g/mol. The van der Waals surface area contributed by atoms with Crippen molar-refractivity contribution < 1.29 is 22.4 Å². The van der Waals surface area contributed by atoms with Crippen molar-refractivity contribution in [1.29, 1.82) is 5.26 Å². The standard InChI is InChI=1S/C14H12F4N2O/c15-12-10(2-1-3-11(12)14(16,17)18)13(21)20-6-4-9(8-19)5-7-20/h1-3,9H,4-7H2. The maximum atomic E-state index is 13.9. The summed E-state index contributed by atoms with van der Waals surface area (Å²) in [6.07, 6.45) is -3.94. The molecule has 2 rings (SSSR count). The van der Waals surface area contributed by atoms with Gasteiger partial charge in [-0.1, -0.05) is 6.07 Å². The van der Waals surface area contributed by atoms with Crippen LogP contribution in [-0.4, -0.2) is 23.9 Å². The van der Waals surface area contributed by atoms with Gasteiger partial charge in [0.1, 0.15) is 5.82 Å². The van der Waals surface area contributed by atoms with E-state index in [2.05, 4.69) is 6.07 Å². The normalized spacial score (nSPS) is 16.6. The van der Waals surface area contributed by atoms with Crippen molar-refractivity contribution in [2.24, 2.45) is 5.92 Å². The van der Waals surface area contributed by atoms with Gasteiger partial charge >= 0.3 is 6.18 Å². The second kappa shape index (κ2) is 5.72. The molecule has 3 nitrogen and oxygen atoms in total. The van der Waals surface area contributed by atoms with E-state index in [9.17, 15) is 22.4 Å². The quantitative estimate of drug-likeness (QED) is 0.747. The van der Waals surface area contributed by atoms with Gasteiger partial charge in [0.15, 0.2) is 0 Å². The second-order valence-corrected chi connectivity index (χ2v) is 4.86. The van der Waals surface area contributed by atoms with Crippen molar-refractivity contribution in [2.45, 2.75) is 19.0 Å². The summed E-state index contributed by atoms with van der Waals surface area (Å²) in [7, 11) is 0. The lowest BCUT2D eigenvalue weighted by molar-refractivity contribution is -0.140. The number of carbonyl (C=O) groups excluding carboxylic acids is 1. The first-order valence-electron chi connectivity index (χ1n) is 6.39. The van der Waals surface area contributed by atoms with Crippen molar-refractivity contribution >= 4 is 5.91 Å². The molecule has 0 spiro atoms. The van der Waals surface area contributed by atoms with Crippen LogP contribution in [0.2, 0.25) is 0 Å². The predicted molar refractivity (Wildman–Crippen MR) is 65.6 cm³/mol. The highest BCUT2D eigenvalue weighted by atomic mass is 19.4. The Morgan fingerprint density at radius 1 is 1.29 bits per heavy atom. The summed E-state index contributed by atoms with van der Waals surface area (Å²) in [6, 6.07) is 4.75. The largest absolute Gasteiger partial charge is 0.419 e. The number of carbonyl (C=O) groups is 1. The minimum absolute atomic E-state index is 0.166. The summed E-state index contributed by atoms with van der Waals surface area (Å²) in [6.45, 7) is 0.486. The van der Waals surface area contributed by atoms with Crippen LogP contribution in [0.15, 0.2) is 18.2 Å². The minimum atomic E-state index is -4.84. The molecule has 1 aliphatic heterocycles. The Morgan fingerprint density at radius 3 is 2.43 bits per heavy atom. The molecule has 0 atom stereocenters. The van der Waals surface area contributed by atoms with Crippen LogP contribution in [0.5, 0.6) is 0 Å². The maximum Gasteiger partial charge on any atom is 0.419 e. The van der Waals surface area contributed by atoms with Crippen LogP contribution >= 0.6 is 0 Å². The van der Waals surface area contributed by atoms with Gasteiger partial charge in [0, 0.05) is 19.0 Å². The number of piperidine rings is 1. The average molecular weight is 300 g/mol. The van der Waals surface area contributed by atoms with Gasteiger partial charge in [-0.25, -0.2) is 4.39 Å². The third-order valence-electron chi connectivity index (χ3n) is 3.50. The number of hydrogen-bond donors (Lipinski definition) is 0. The molecule has 1 fully saturated rings. The molecule has 0 aliphatic carbocycles. The van der Waals surface area contributed by atoms with Gasteiger partial charge in [-0.15, -0.1) is 0 Å². The topological polar surface area (TPSA) is 44.1 Å². The lowest BCUT2D eigenvalue weighted by Gasteiger charge is -2.29. The molecule has 1 amide bonds. The number of hydrogen-bond acceptors (Lipinski definition) is 2. The van der Waals surface area contributed by atoms with Gasteiger partial charge in [0.25, 0.3) is 5.91 Å². The average Bonchev–Trinajstić information content (AvgIpc) is 2.45. The Kier molecular flexibility index (Phi) is 4.16. The van der Waals surface area contributed by atoms with Crippen molar-refractivity contribution in [3.8, 4) is 6.07 Å². The third-order valence-corrected chi connectivity index (χ3v) is 3.50. The highest BCUT2D eigenvalue weighted by Gasteiger charge is 2.36. The van der Waals surface area contributed by atoms with Gasteiger partial charge in [-0.2, -0.15) is 18.4 Å². The Hall–Kier alpha value is -2.10. The van der Waals surface area contributed by atoms with E-state index in [1.165, 1.54) is 4.90 Å². The first-order chi connectivity index (χ1) is 9.84. The van der Waals surface area contributed by atoms with E-state index < -0.39 is 29.0 Å². The fourth-order valence-electron chi connectivity index (χ4n) is 2.30. The molecule has 1 aliphatic rings. The smallest absolute Gasteiger partial charge is 0.338 e. The number of likely N-dealkylation sites (tertiary alicyclic amines) is 1. The van der Waals surface area contributed by atoms with E-state index in [-0.39, 0.29) is 19.0 Å². The van der Waals surface area contributed by atoms with Crippen LogP contribution in [-0.2, 0) is 6.18 Å². The number of halogens is 4. The molecule has 0 bridgehead atoms. The number of alkyl halides is 3. The first kappa shape index (κ1) is 15.3. The SMILES string of the molecule is N#CC1CCN(C(=O)c2cccc(C(F)(F)F)c2F)CC1. The van der Waals surface area contributed by atoms with Gasteiger partial charge < -0.3 is 4.90 Å². The van der Waals surface area contributed by atoms with Crippen molar-refractivity contribution in [3.63, 3.8) is 0 Å². The van der Waals surface area contributed by atoms with E-state index in [1.54, 1.807) is 0 Å². The first-order valence-corrected chi connectivity index (χ1v) is 6.39. The van der Waals surface area contributed by atoms with Crippen molar-refractivity contribution in [3.05, 3.63) is 35.1 Å². The molecule has 1 heterocycles. The molecule has 0 radical (unpaired) electrons. The van der Waals surface area contributed by atoms with E-state index in [0.29, 0.717) is 18.9 Å². The third kappa shape index (κ3) is 3.15. The summed E-state index contributed by atoms with van der Waals surface area (Å²) in [5, 5.41) is 8.76. The molecule has 21 heavy (non-hydrogen) atoms. The number of amides is 1. The predicted octanol–water partition coefficient (Wildman–Crippen LogP) is 3.22. The number of nitrogens with zero attached hydrogens (tertiary/aromatic N) is 2. The van der Waals surface area contributed by atoms with E-state index in [0.717, 1.165) is 12.1 Å². The molecule has 0 N–H and O–H groups in total. The maximum absolute atomic E-state index is 13.9. The minimum Gasteiger partial charge on any atom is -0.338 e. The molecule has 1 aromatic carbocycles. The molecule has 7 heteroatoms. The van der Waals surface area contributed by atoms with E-state index in [4.69, 9.17) is 5.26 Å². The fourth-order valence-corrected chi connectivity index (χ4v) is 2.30. The molecular weight excluding hydrogens is 288 g/mol. The Bertz CT molecular complexity index is 584. The summed E-state index contributed by atoms with van der Waals surface area (Å²) >= 11 is 0. The highest BCUT2D eigenvalue weighted by Crippen LogP contribution is 2.33. The molecule has 0 aromatic heterocycles. The zero-order valence-electron chi connectivity index (χ0n) is 11.0. The Balaban J connectivity index is 2.23. The Labute approximate surface area is 118 Å². The van der Waals surface area contributed by atoms with Crippen LogP contribution in [0.4, 0.5) is 17.6 Å². The lowest BCUT2D eigenvalue weighted by atomic mass is 9.97. The van der Waals surface area contributed by atoms with Gasteiger partial charge in [0.2, 0.25) is 0 Å². The van der Waals surface area contributed by atoms with Gasteiger partial charge in [0.05, 0.1) is 17.2 Å². The zero-order chi connectivity index (χ0) is 15.6. The number of rotatable bonds is 1. The number of nitriles is 1. The van der Waals surface area contributed by atoms with Gasteiger partial charge in [-0.3, -0.25) is 4.79 Å². The number of benzene rings is 1. The van der Waals surface area contributed by atoms with E-state index in [1.807, 2.05) is 0 Å². The van der Waals surface area contributed by atoms with E-state index >= 15 is 0 Å². The summed E-state index contributed by atoms with van der Waals surface area (Å²) in [5.74, 6) is -2.48. The molecular formula is C14H12F4N2O. The molecule has 112 valence electrons. The van der Waals surface area contributed by atoms with Crippen LogP contribution in [0.25, 0.3) is 0 Å². The Morgan fingerprint density at radius 2 is 1.90 bits per heavy atom. The summed E-state index contributed by atoms with van der Waals surface area (Å²) in [4.78, 5) is 13.4.